The second kappa shape index (κ2) is 4.85. The molecule has 0 fully saturated rings. The molecule has 84 valence electrons. The highest BCUT2D eigenvalue weighted by Crippen LogP contribution is 2.24. The molecule has 2 rings (SSSR count). The molecule has 0 atom stereocenters. The molecule has 0 aliphatic carbocycles. The summed E-state index contributed by atoms with van der Waals surface area (Å²) in [6.45, 7) is 7.35. The third kappa shape index (κ3) is 2.36. The molecule has 1 heterocycles. The van der Waals surface area contributed by atoms with Gasteiger partial charge in [-0.3, -0.25) is 0 Å². The van der Waals surface area contributed by atoms with Crippen molar-refractivity contribution in [2.45, 2.75) is 13.5 Å². The topological polar surface area (TPSA) is 25.2 Å². The van der Waals surface area contributed by atoms with Crippen molar-refractivity contribution < 1.29 is 4.42 Å². The van der Waals surface area contributed by atoms with Gasteiger partial charge in [-0.25, -0.2) is 0 Å². The second-order valence-corrected chi connectivity index (χ2v) is 4.88. The van der Waals surface area contributed by atoms with Crippen LogP contribution in [0.5, 0.6) is 0 Å². The summed E-state index contributed by atoms with van der Waals surface area (Å²) < 4.78 is 6.64. The van der Waals surface area contributed by atoms with Gasteiger partial charge in [-0.2, -0.15) is 0 Å². The Morgan fingerprint density at radius 2 is 2.19 bits per heavy atom. The molecule has 1 N–H and O–H groups in total. The number of benzene rings is 1. The van der Waals surface area contributed by atoms with Crippen LogP contribution in [0.25, 0.3) is 11.0 Å². The normalized spacial score (nSPS) is 10.9. The Balaban J connectivity index is 2.22. The molecule has 0 aliphatic heterocycles. The first-order valence-corrected chi connectivity index (χ1v) is 5.99. The maximum absolute atomic E-state index is 5.68. The van der Waals surface area contributed by atoms with Crippen LogP contribution in [-0.2, 0) is 6.54 Å². The molecule has 2 nitrogen and oxygen atoms in total. The van der Waals surface area contributed by atoms with Crippen LogP contribution in [0.4, 0.5) is 0 Å². The van der Waals surface area contributed by atoms with Gasteiger partial charge in [-0.15, -0.1) is 0 Å². The molecule has 0 saturated carbocycles. The Labute approximate surface area is 103 Å². The molecule has 2 aromatic rings. The van der Waals surface area contributed by atoms with Crippen molar-refractivity contribution in [2.75, 3.05) is 6.54 Å². The average Bonchev–Trinajstić information content (AvgIpc) is 2.55. The van der Waals surface area contributed by atoms with Crippen molar-refractivity contribution in [1.29, 1.82) is 0 Å². The van der Waals surface area contributed by atoms with Crippen molar-refractivity contribution in [2.24, 2.45) is 0 Å². The molecule has 1 aromatic carbocycles. The van der Waals surface area contributed by atoms with E-state index in [1.807, 2.05) is 25.1 Å². The number of para-hydroxylation sites is 1. The largest absolute Gasteiger partial charge is 0.461 e. The highest BCUT2D eigenvalue weighted by Gasteiger charge is 2.09. The fourth-order valence-corrected chi connectivity index (χ4v) is 1.96. The second-order valence-electron chi connectivity index (χ2n) is 3.75. The van der Waals surface area contributed by atoms with Crippen LogP contribution in [0, 0.1) is 6.92 Å². The molecule has 3 heteroatoms. The average molecular weight is 280 g/mol. The first kappa shape index (κ1) is 11.4. The molecular formula is C13H14BrNO. The molecule has 0 aliphatic rings. The minimum atomic E-state index is 0.763. The Hall–Kier alpha value is -1.06. The summed E-state index contributed by atoms with van der Waals surface area (Å²) in [5.41, 5.74) is 2.18. The van der Waals surface area contributed by atoms with Crippen molar-refractivity contribution >= 4 is 26.9 Å². The third-order valence-corrected chi connectivity index (χ3v) is 2.80. The number of fused-ring (bicyclic) bond motifs is 1. The maximum atomic E-state index is 5.68. The van der Waals surface area contributed by atoms with Crippen LogP contribution in [-0.4, -0.2) is 6.54 Å². The van der Waals surface area contributed by atoms with Gasteiger partial charge >= 0.3 is 0 Å². The lowest BCUT2D eigenvalue weighted by molar-refractivity contribution is 0.567. The minimum Gasteiger partial charge on any atom is -0.461 e. The van der Waals surface area contributed by atoms with Crippen molar-refractivity contribution in [3.63, 3.8) is 0 Å². The molecular weight excluding hydrogens is 266 g/mol. The van der Waals surface area contributed by atoms with Gasteiger partial charge in [0.15, 0.2) is 0 Å². The molecule has 0 bridgehead atoms. The lowest BCUT2D eigenvalue weighted by atomic mass is 10.1. The van der Waals surface area contributed by atoms with E-state index in [0.29, 0.717) is 0 Å². The molecule has 0 amide bonds. The maximum Gasteiger partial charge on any atom is 0.134 e. The predicted molar refractivity (Wildman–Crippen MR) is 70.7 cm³/mol. The van der Waals surface area contributed by atoms with Gasteiger partial charge in [0.25, 0.3) is 0 Å². The van der Waals surface area contributed by atoms with Crippen molar-refractivity contribution in [3.05, 3.63) is 46.7 Å². The van der Waals surface area contributed by atoms with Crippen LogP contribution >= 0.6 is 15.9 Å². The SMILES string of the molecule is C=C(Br)CNCc1c(C)oc2ccccc12. The molecule has 0 radical (unpaired) electrons. The van der Waals surface area contributed by atoms with Gasteiger partial charge in [-0.05, 0) is 13.0 Å². The minimum absolute atomic E-state index is 0.763. The van der Waals surface area contributed by atoms with Crippen LogP contribution in [0.15, 0.2) is 39.7 Å². The lowest BCUT2D eigenvalue weighted by Gasteiger charge is -2.02. The van der Waals surface area contributed by atoms with E-state index in [-0.39, 0.29) is 0 Å². The molecule has 0 unspecified atom stereocenters. The van der Waals surface area contributed by atoms with Gasteiger partial charge in [0.2, 0.25) is 0 Å². The number of rotatable bonds is 4. The molecule has 1 aromatic heterocycles. The summed E-state index contributed by atoms with van der Waals surface area (Å²) in [6.07, 6.45) is 0. The Bertz CT molecular complexity index is 516. The Morgan fingerprint density at radius 1 is 1.44 bits per heavy atom. The van der Waals surface area contributed by atoms with Gasteiger partial charge in [0.05, 0.1) is 0 Å². The Kier molecular flexibility index (Phi) is 3.46. The van der Waals surface area contributed by atoms with E-state index in [4.69, 9.17) is 4.42 Å². The smallest absolute Gasteiger partial charge is 0.134 e. The lowest BCUT2D eigenvalue weighted by Crippen LogP contribution is -2.14. The van der Waals surface area contributed by atoms with Gasteiger partial charge in [0.1, 0.15) is 11.3 Å². The number of aryl methyl sites for hydroxylation is 1. The third-order valence-electron chi connectivity index (χ3n) is 2.52. The summed E-state index contributed by atoms with van der Waals surface area (Å²) in [4.78, 5) is 0. The predicted octanol–water partition coefficient (Wildman–Crippen LogP) is 3.74. The summed E-state index contributed by atoms with van der Waals surface area (Å²) in [7, 11) is 0. The first-order chi connectivity index (χ1) is 7.68. The van der Waals surface area contributed by atoms with Crippen molar-refractivity contribution in [3.8, 4) is 0 Å². The van der Waals surface area contributed by atoms with E-state index in [1.54, 1.807) is 0 Å². The highest BCUT2D eigenvalue weighted by molar-refractivity contribution is 9.11. The van der Waals surface area contributed by atoms with E-state index < -0.39 is 0 Å². The van der Waals surface area contributed by atoms with Crippen LogP contribution < -0.4 is 5.32 Å². The number of nitrogens with one attached hydrogen (secondary N) is 1. The van der Waals surface area contributed by atoms with Crippen LogP contribution in [0.1, 0.15) is 11.3 Å². The first-order valence-electron chi connectivity index (χ1n) is 5.19. The van der Waals surface area contributed by atoms with E-state index in [1.165, 1.54) is 10.9 Å². The van der Waals surface area contributed by atoms with E-state index in [9.17, 15) is 0 Å². The van der Waals surface area contributed by atoms with Gasteiger partial charge < -0.3 is 9.73 Å². The number of furan rings is 1. The number of hydrogen-bond acceptors (Lipinski definition) is 2. The fraction of sp³-hybridized carbons (Fsp3) is 0.231. The molecule has 0 saturated heterocycles. The van der Waals surface area contributed by atoms with Crippen LogP contribution in [0.3, 0.4) is 0 Å². The summed E-state index contributed by atoms with van der Waals surface area (Å²) in [6, 6.07) is 8.11. The summed E-state index contributed by atoms with van der Waals surface area (Å²) in [5.74, 6) is 0.980. The van der Waals surface area contributed by atoms with E-state index in [2.05, 4.69) is 33.9 Å². The zero-order valence-electron chi connectivity index (χ0n) is 9.22. The zero-order valence-corrected chi connectivity index (χ0v) is 10.8. The Morgan fingerprint density at radius 3 is 2.94 bits per heavy atom. The molecule has 0 spiro atoms. The van der Waals surface area contributed by atoms with E-state index >= 15 is 0 Å². The van der Waals surface area contributed by atoms with E-state index in [0.717, 1.165) is 28.9 Å². The summed E-state index contributed by atoms with van der Waals surface area (Å²) >= 11 is 3.33. The number of halogens is 1. The monoisotopic (exact) mass is 279 g/mol. The standard InChI is InChI=1S/C13H14BrNO/c1-9(14)7-15-8-12-10(2)16-13-6-4-3-5-11(12)13/h3-6,15H,1,7-8H2,2H3. The quantitative estimate of drug-likeness (QED) is 0.923. The summed E-state index contributed by atoms with van der Waals surface area (Å²) in [5, 5.41) is 4.50. The molecule has 16 heavy (non-hydrogen) atoms. The van der Waals surface area contributed by atoms with Crippen LogP contribution in [0.2, 0.25) is 0 Å². The van der Waals surface area contributed by atoms with Gasteiger partial charge in [0, 0.05) is 28.5 Å². The highest BCUT2D eigenvalue weighted by atomic mass is 79.9. The fourth-order valence-electron chi connectivity index (χ4n) is 1.76. The zero-order chi connectivity index (χ0) is 11.5. The van der Waals surface area contributed by atoms with Crippen molar-refractivity contribution in [1.82, 2.24) is 5.32 Å². The van der Waals surface area contributed by atoms with Gasteiger partial charge in [-0.1, -0.05) is 40.7 Å². The number of hydrogen-bond donors (Lipinski definition) is 1.